The van der Waals surface area contributed by atoms with Gasteiger partial charge in [0.2, 0.25) is 0 Å². The van der Waals surface area contributed by atoms with Crippen LogP contribution in [0.3, 0.4) is 0 Å². The molecule has 5 heteroatoms. The molecule has 21 heavy (non-hydrogen) atoms. The van der Waals surface area contributed by atoms with Crippen LogP contribution in [0.2, 0.25) is 0 Å². The highest BCUT2D eigenvalue weighted by molar-refractivity contribution is 5.69. The predicted molar refractivity (Wildman–Crippen MR) is 80.8 cm³/mol. The highest BCUT2D eigenvalue weighted by Crippen LogP contribution is 2.30. The zero-order chi connectivity index (χ0) is 14.9. The van der Waals surface area contributed by atoms with Crippen molar-refractivity contribution in [1.82, 2.24) is 15.3 Å². The lowest BCUT2D eigenvalue weighted by molar-refractivity contribution is -0.142. The van der Waals surface area contributed by atoms with Crippen molar-refractivity contribution in [1.29, 1.82) is 0 Å². The highest BCUT2D eigenvalue weighted by Gasteiger charge is 2.17. The standard InChI is InChI=1S/C16H25N3O2/c1-2-21-15(20)8-9-17-10-13-11-18-16(19-12-13)14-6-4-3-5-7-14/h11-12,14,17H,2-10H2,1H3. The summed E-state index contributed by atoms with van der Waals surface area (Å²) in [5, 5.41) is 3.21. The average Bonchev–Trinajstić information content (AvgIpc) is 2.53. The Balaban J connectivity index is 1.71. The summed E-state index contributed by atoms with van der Waals surface area (Å²) in [6, 6.07) is 0. The van der Waals surface area contributed by atoms with E-state index >= 15 is 0 Å². The number of rotatable bonds is 7. The van der Waals surface area contributed by atoms with Gasteiger partial charge in [-0.15, -0.1) is 0 Å². The molecule has 1 heterocycles. The van der Waals surface area contributed by atoms with Crippen LogP contribution in [0.25, 0.3) is 0 Å². The molecule has 1 N–H and O–H groups in total. The van der Waals surface area contributed by atoms with E-state index in [1.807, 2.05) is 19.3 Å². The molecule has 1 saturated carbocycles. The lowest BCUT2D eigenvalue weighted by atomic mass is 9.89. The molecule has 1 aromatic heterocycles. The Morgan fingerprint density at radius 2 is 2.00 bits per heavy atom. The second-order valence-corrected chi connectivity index (χ2v) is 5.52. The largest absolute Gasteiger partial charge is 0.466 e. The summed E-state index contributed by atoms with van der Waals surface area (Å²) in [5.74, 6) is 1.38. The van der Waals surface area contributed by atoms with E-state index < -0.39 is 0 Å². The van der Waals surface area contributed by atoms with Crippen molar-refractivity contribution in [3.8, 4) is 0 Å². The minimum Gasteiger partial charge on any atom is -0.466 e. The monoisotopic (exact) mass is 291 g/mol. The second-order valence-electron chi connectivity index (χ2n) is 5.52. The van der Waals surface area contributed by atoms with Gasteiger partial charge in [-0.3, -0.25) is 4.79 Å². The molecule has 0 saturated heterocycles. The third-order valence-corrected chi connectivity index (χ3v) is 3.84. The van der Waals surface area contributed by atoms with Crippen LogP contribution in [0.1, 0.15) is 62.8 Å². The van der Waals surface area contributed by atoms with E-state index in [1.165, 1.54) is 32.1 Å². The number of hydrogen-bond acceptors (Lipinski definition) is 5. The summed E-state index contributed by atoms with van der Waals surface area (Å²) in [7, 11) is 0. The van der Waals surface area contributed by atoms with E-state index in [1.54, 1.807) is 0 Å². The van der Waals surface area contributed by atoms with Crippen molar-refractivity contribution in [3.05, 3.63) is 23.8 Å². The van der Waals surface area contributed by atoms with Gasteiger partial charge in [-0.2, -0.15) is 0 Å². The number of nitrogens with zero attached hydrogens (tertiary/aromatic N) is 2. The Morgan fingerprint density at radius 3 is 2.67 bits per heavy atom. The van der Waals surface area contributed by atoms with Crippen molar-refractivity contribution in [3.63, 3.8) is 0 Å². The SMILES string of the molecule is CCOC(=O)CCNCc1cnc(C2CCCCC2)nc1. The van der Waals surface area contributed by atoms with Crippen molar-refractivity contribution < 1.29 is 9.53 Å². The van der Waals surface area contributed by atoms with Gasteiger partial charge in [0.25, 0.3) is 0 Å². The summed E-state index contributed by atoms with van der Waals surface area (Å²) >= 11 is 0. The van der Waals surface area contributed by atoms with Gasteiger partial charge in [-0.1, -0.05) is 19.3 Å². The summed E-state index contributed by atoms with van der Waals surface area (Å²) in [4.78, 5) is 20.2. The average molecular weight is 291 g/mol. The molecule has 1 fully saturated rings. The van der Waals surface area contributed by atoms with Crippen molar-refractivity contribution >= 4 is 5.97 Å². The molecule has 0 radical (unpaired) electrons. The van der Waals surface area contributed by atoms with Gasteiger partial charge in [-0.25, -0.2) is 9.97 Å². The first kappa shape index (κ1) is 15.9. The van der Waals surface area contributed by atoms with Crippen LogP contribution in [-0.4, -0.2) is 29.1 Å². The maximum Gasteiger partial charge on any atom is 0.307 e. The van der Waals surface area contributed by atoms with Crippen LogP contribution in [0, 0.1) is 0 Å². The van der Waals surface area contributed by atoms with Gasteiger partial charge in [0.1, 0.15) is 5.82 Å². The van der Waals surface area contributed by atoms with Crippen LogP contribution in [-0.2, 0) is 16.1 Å². The molecule has 1 aromatic rings. The minimum absolute atomic E-state index is 0.158. The Morgan fingerprint density at radius 1 is 1.29 bits per heavy atom. The maximum atomic E-state index is 11.2. The molecule has 0 atom stereocenters. The van der Waals surface area contributed by atoms with Crippen LogP contribution in [0.4, 0.5) is 0 Å². The zero-order valence-corrected chi connectivity index (χ0v) is 12.8. The summed E-state index contributed by atoms with van der Waals surface area (Å²) in [6.45, 7) is 3.55. The molecule has 1 aliphatic rings. The second kappa shape index (κ2) is 8.72. The molecule has 116 valence electrons. The van der Waals surface area contributed by atoms with Gasteiger partial charge in [-0.05, 0) is 19.8 Å². The van der Waals surface area contributed by atoms with Crippen LogP contribution in [0.15, 0.2) is 12.4 Å². The van der Waals surface area contributed by atoms with E-state index in [9.17, 15) is 4.79 Å². The topological polar surface area (TPSA) is 64.1 Å². The molecule has 5 nitrogen and oxygen atoms in total. The highest BCUT2D eigenvalue weighted by atomic mass is 16.5. The van der Waals surface area contributed by atoms with E-state index in [2.05, 4.69) is 15.3 Å². The van der Waals surface area contributed by atoms with Crippen molar-refractivity contribution in [2.45, 2.75) is 57.9 Å². The third-order valence-electron chi connectivity index (χ3n) is 3.84. The maximum absolute atomic E-state index is 11.2. The Bertz CT molecular complexity index is 428. The summed E-state index contributed by atoms with van der Waals surface area (Å²) < 4.78 is 4.87. The minimum atomic E-state index is -0.158. The van der Waals surface area contributed by atoms with Crippen LogP contribution >= 0.6 is 0 Å². The first-order valence-corrected chi connectivity index (χ1v) is 7.96. The molecule has 0 amide bonds. The smallest absolute Gasteiger partial charge is 0.307 e. The first-order valence-electron chi connectivity index (χ1n) is 7.96. The van der Waals surface area contributed by atoms with Crippen LogP contribution < -0.4 is 5.32 Å². The number of esters is 1. The lowest BCUT2D eigenvalue weighted by Crippen LogP contribution is -2.19. The van der Waals surface area contributed by atoms with Gasteiger partial charge in [0, 0.05) is 37.0 Å². The van der Waals surface area contributed by atoms with Gasteiger partial charge >= 0.3 is 5.97 Å². The van der Waals surface area contributed by atoms with Crippen LogP contribution in [0.5, 0.6) is 0 Å². The number of nitrogens with one attached hydrogen (secondary N) is 1. The molecular formula is C16H25N3O2. The van der Waals surface area contributed by atoms with Gasteiger partial charge in [0.05, 0.1) is 13.0 Å². The fraction of sp³-hybridized carbons (Fsp3) is 0.688. The molecule has 1 aliphatic carbocycles. The number of carbonyl (C=O) groups is 1. The van der Waals surface area contributed by atoms with E-state index in [0.29, 0.717) is 32.0 Å². The third kappa shape index (κ3) is 5.42. The van der Waals surface area contributed by atoms with E-state index in [0.717, 1.165) is 11.4 Å². The number of hydrogen-bond donors (Lipinski definition) is 1. The Labute approximate surface area is 126 Å². The van der Waals surface area contributed by atoms with E-state index in [4.69, 9.17) is 4.74 Å². The van der Waals surface area contributed by atoms with Crippen molar-refractivity contribution in [2.75, 3.05) is 13.2 Å². The molecule has 0 bridgehead atoms. The predicted octanol–water partition coefficient (Wildman–Crippen LogP) is 2.57. The van der Waals surface area contributed by atoms with Gasteiger partial charge < -0.3 is 10.1 Å². The first-order chi connectivity index (χ1) is 10.3. The van der Waals surface area contributed by atoms with E-state index in [-0.39, 0.29) is 5.97 Å². The zero-order valence-electron chi connectivity index (χ0n) is 12.8. The molecule has 0 aromatic carbocycles. The van der Waals surface area contributed by atoms with Crippen molar-refractivity contribution in [2.24, 2.45) is 0 Å². The number of ether oxygens (including phenoxy) is 1. The number of carbonyl (C=O) groups excluding carboxylic acids is 1. The molecule has 0 unspecified atom stereocenters. The summed E-state index contributed by atoms with van der Waals surface area (Å²) in [5.41, 5.74) is 1.05. The Kier molecular flexibility index (Phi) is 6.60. The van der Waals surface area contributed by atoms with Gasteiger partial charge in [0.15, 0.2) is 0 Å². The summed E-state index contributed by atoms with van der Waals surface area (Å²) in [6.07, 6.45) is 10.6. The quantitative estimate of drug-likeness (QED) is 0.618. The fourth-order valence-electron chi connectivity index (χ4n) is 2.68. The molecule has 2 rings (SSSR count). The lowest BCUT2D eigenvalue weighted by Gasteiger charge is -2.20. The number of aromatic nitrogens is 2. The normalized spacial score (nSPS) is 15.9. The Hall–Kier alpha value is -1.49. The molecule has 0 spiro atoms. The fourth-order valence-corrected chi connectivity index (χ4v) is 2.68. The molecule has 0 aliphatic heterocycles. The molecular weight excluding hydrogens is 266 g/mol.